The van der Waals surface area contributed by atoms with Gasteiger partial charge in [-0.1, -0.05) is 52.0 Å². The van der Waals surface area contributed by atoms with E-state index < -0.39 is 0 Å². The van der Waals surface area contributed by atoms with Crippen LogP contribution in [0, 0.1) is 0 Å². The number of rotatable bonds is 2. The van der Waals surface area contributed by atoms with E-state index in [9.17, 15) is 0 Å². The highest BCUT2D eigenvalue weighted by Crippen LogP contribution is 2.49. The molecule has 0 unspecified atom stereocenters. The number of benzene rings is 4. The molecule has 2 heteroatoms. The molecule has 0 heterocycles. The van der Waals surface area contributed by atoms with Crippen molar-refractivity contribution in [1.29, 1.82) is 0 Å². The number of fused-ring (bicyclic) bond motifs is 6. The zero-order valence-electron chi connectivity index (χ0n) is 20.9. The van der Waals surface area contributed by atoms with Gasteiger partial charge < -0.3 is 9.80 Å². The maximum Gasteiger partial charge on any atom is 0.0447 e. The molecule has 32 heavy (non-hydrogen) atoms. The minimum absolute atomic E-state index is 0.195. The Morgan fingerprint density at radius 3 is 1.47 bits per heavy atom. The van der Waals surface area contributed by atoms with E-state index in [1.807, 2.05) is 0 Å². The molecule has 2 nitrogen and oxygen atoms in total. The van der Waals surface area contributed by atoms with Gasteiger partial charge in [-0.3, -0.25) is 0 Å². The predicted molar refractivity (Wildman–Crippen MR) is 143 cm³/mol. The van der Waals surface area contributed by atoms with Gasteiger partial charge in [0.15, 0.2) is 0 Å². The smallest absolute Gasteiger partial charge is 0.0447 e. The number of hydrogen-bond donors (Lipinski definition) is 0. The van der Waals surface area contributed by atoms with Gasteiger partial charge in [0.2, 0.25) is 0 Å². The Hall–Kier alpha value is -2.74. The van der Waals surface area contributed by atoms with Gasteiger partial charge in [-0.2, -0.15) is 0 Å². The third-order valence-electron chi connectivity index (χ3n) is 7.87. The van der Waals surface area contributed by atoms with Crippen molar-refractivity contribution < 1.29 is 0 Å². The van der Waals surface area contributed by atoms with Crippen LogP contribution in [0.25, 0.3) is 32.3 Å². The lowest BCUT2D eigenvalue weighted by molar-refractivity contribution is 0.332. The number of nitrogens with zero attached hydrogens (tertiary/aromatic N) is 2. The Morgan fingerprint density at radius 2 is 0.938 bits per heavy atom. The minimum atomic E-state index is 0.195. The van der Waals surface area contributed by atoms with Crippen LogP contribution in [0.2, 0.25) is 0 Å². The first-order valence-electron chi connectivity index (χ1n) is 11.8. The molecule has 4 aromatic rings. The lowest BCUT2D eigenvalue weighted by Crippen LogP contribution is -2.33. The summed E-state index contributed by atoms with van der Waals surface area (Å²) in [7, 11) is 8.64. The molecule has 0 amide bonds. The van der Waals surface area contributed by atoms with E-state index in [1.54, 1.807) is 0 Å². The van der Waals surface area contributed by atoms with E-state index in [1.165, 1.54) is 67.7 Å². The lowest BCUT2D eigenvalue weighted by Gasteiger charge is -2.42. The molecule has 5 rings (SSSR count). The average Bonchev–Trinajstić information content (AvgIpc) is 2.74. The third-order valence-corrected chi connectivity index (χ3v) is 7.87. The van der Waals surface area contributed by atoms with E-state index in [0.717, 1.165) is 0 Å². The monoisotopic (exact) mass is 424 g/mol. The normalized spacial score (nSPS) is 17.0. The maximum atomic E-state index is 2.54. The van der Waals surface area contributed by atoms with Crippen LogP contribution in [0.1, 0.15) is 51.7 Å². The predicted octanol–water partition coefficient (Wildman–Crippen LogP) is 7.63. The van der Waals surface area contributed by atoms with Crippen LogP contribution in [-0.2, 0) is 10.8 Å². The largest absolute Gasteiger partial charge is 0.377 e. The molecule has 0 radical (unpaired) electrons. The van der Waals surface area contributed by atoms with Crippen molar-refractivity contribution in [3.05, 3.63) is 59.7 Å². The first-order valence-corrected chi connectivity index (χ1v) is 11.8. The van der Waals surface area contributed by atoms with Crippen LogP contribution in [0.4, 0.5) is 11.4 Å². The van der Waals surface area contributed by atoms with Crippen molar-refractivity contribution in [3.63, 3.8) is 0 Å². The summed E-state index contributed by atoms with van der Waals surface area (Å²) in [6, 6.07) is 18.7. The van der Waals surface area contributed by atoms with Crippen molar-refractivity contribution in [2.45, 2.75) is 51.4 Å². The number of anilines is 2. The van der Waals surface area contributed by atoms with Crippen molar-refractivity contribution in [1.82, 2.24) is 0 Å². The van der Waals surface area contributed by atoms with Crippen LogP contribution in [0.3, 0.4) is 0 Å². The summed E-state index contributed by atoms with van der Waals surface area (Å²) in [5.41, 5.74) is 6.04. The molecule has 0 aromatic heterocycles. The van der Waals surface area contributed by atoms with E-state index in [2.05, 4.69) is 114 Å². The van der Waals surface area contributed by atoms with Gasteiger partial charge in [0, 0.05) is 50.3 Å². The Kier molecular flexibility index (Phi) is 4.54. The van der Waals surface area contributed by atoms with Crippen LogP contribution >= 0.6 is 0 Å². The van der Waals surface area contributed by atoms with Crippen LogP contribution < -0.4 is 9.80 Å². The van der Waals surface area contributed by atoms with E-state index in [0.29, 0.717) is 0 Å². The molecule has 0 bridgehead atoms. The fraction of sp³-hybridized carbons (Fsp3) is 0.400. The van der Waals surface area contributed by atoms with Crippen LogP contribution in [-0.4, -0.2) is 28.2 Å². The fourth-order valence-electron chi connectivity index (χ4n) is 5.76. The zero-order chi connectivity index (χ0) is 23.0. The Balaban J connectivity index is 2.03. The van der Waals surface area contributed by atoms with Gasteiger partial charge in [0.1, 0.15) is 0 Å². The van der Waals surface area contributed by atoms with Crippen molar-refractivity contribution in [2.75, 3.05) is 38.0 Å². The highest BCUT2D eigenvalue weighted by molar-refractivity contribution is 6.23. The first-order chi connectivity index (χ1) is 15.0. The molecule has 166 valence electrons. The summed E-state index contributed by atoms with van der Waals surface area (Å²) in [6.07, 6.45) is 2.47. The molecule has 1 aliphatic rings. The third kappa shape index (κ3) is 2.99. The second kappa shape index (κ2) is 6.88. The summed E-state index contributed by atoms with van der Waals surface area (Å²) in [4.78, 5) is 4.53. The van der Waals surface area contributed by atoms with Gasteiger partial charge in [-0.15, -0.1) is 0 Å². The quantitative estimate of drug-likeness (QED) is 0.305. The summed E-state index contributed by atoms with van der Waals surface area (Å²) in [5, 5.41) is 8.09. The highest BCUT2D eigenvalue weighted by atomic mass is 15.1. The number of hydrogen-bond acceptors (Lipinski definition) is 2. The molecule has 0 saturated heterocycles. The van der Waals surface area contributed by atoms with Gasteiger partial charge in [-0.05, 0) is 80.6 Å². The van der Waals surface area contributed by atoms with Gasteiger partial charge >= 0.3 is 0 Å². The molecule has 4 aromatic carbocycles. The summed E-state index contributed by atoms with van der Waals surface area (Å²) < 4.78 is 0. The lowest BCUT2D eigenvalue weighted by atomic mass is 9.62. The van der Waals surface area contributed by atoms with Crippen molar-refractivity contribution >= 4 is 43.7 Å². The Labute approximate surface area is 192 Å². The SMILES string of the molecule is CN(C)c1cc2c3cc4c(cc3c(N(C)C)cc2c2ccccc12)C(C)(C)CCC4(C)C. The Morgan fingerprint density at radius 1 is 0.531 bits per heavy atom. The zero-order valence-corrected chi connectivity index (χ0v) is 20.9. The summed E-state index contributed by atoms with van der Waals surface area (Å²) in [6.45, 7) is 9.68. The molecule has 0 fully saturated rings. The Bertz CT molecular complexity index is 1370. The minimum Gasteiger partial charge on any atom is -0.377 e. The molecule has 0 spiro atoms. The van der Waals surface area contributed by atoms with Crippen LogP contribution in [0.15, 0.2) is 48.5 Å². The van der Waals surface area contributed by atoms with Gasteiger partial charge in [0.25, 0.3) is 0 Å². The van der Waals surface area contributed by atoms with E-state index in [4.69, 9.17) is 0 Å². The fourth-order valence-corrected chi connectivity index (χ4v) is 5.76. The molecule has 0 atom stereocenters. The van der Waals surface area contributed by atoms with Gasteiger partial charge in [0.05, 0.1) is 0 Å². The molecular formula is C30H36N2. The molecular weight excluding hydrogens is 388 g/mol. The first kappa shape index (κ1) is 21.1. The molecule has 0 aliphatic heterocycles. The van der Waals surface area contributed by atoms with Crippen molar-refractivity contribution in [3.8, 4) is 0 Å². The maximum absolute atomic E-state index is 2.54. The van der Waals surface area contributed by atoms with Crippen molar-refractivity contribution in [2.24, 2.45) is 0 Å². The summed E-state index contributed by atoms with van der Waals surface area (Å²) in [5.74, 6) is 0. The van der Waals surface area contributed by atoms with Gasteiger partial charge in [-0.25, -0.2) is 0 Å². The topological polar surface area (TPSA) is 6.48 Å². The average molecular weight is 425 g/mol. The second-order valence-electron chi connectivity index (χ2n) is 11.4. The highest BCUT2D eigenvalue weighted by Gasteiger charge is 2.37. The molecule has 0 saturated carbocycles. The molecule has 0 N–H and O–H groups in total. The van der Waals surface area contributed by atoms with E-state index >= 15 is 0 Å². The van der Waals surface area contributed by atoms with E-state index in [-0.39, 0.29) is 10.8 Å². The second-order valence-corrected chi connectivity index (χ2v) is 11.4. The van der Waals surface area contributed by atoms with Crippen LogP contribution in [0.5, 0.6) is 0 Å². The summed E-state index contributed by atoms with van der Waals surface area (Å²) >= 11 is 0. The molecule has 1 aliphatic carbocycles. The standard InChI is InChI=1S/C30H36N2/c1-29(2)13-14-30(3,4)26-16-24-21(15-25(26)29)23-18-27(31(5)6)20-12-10-9-11-19(20)22(23)17-28(24)32(7)8/h9-12,15-18H,13-14H2,1-8H3.